The van der Waals surface area contributed by atoms with Crippen LogP contribution < -0.4 is 14.8 Å². The van der Waals surface area contributed by atoms with Gasteiger partial charge in [-0.05, 0) is 98.2 Å². The van der Waals surface area contributed by atoms with Gasteiger partial charge in [-0.25, -0.2) is 4.79 Å². The summed E-state index contributed by atoms with van der Waals surface area (Å²) in [4.78, 5) is 25.3. The van der Waals surface area contributed by atoms with Crippen molar-refractivity contribution in [2.45, 2.75) is 82.1 Å². The summed E-state index contributed by atoms with van der Waals surface area (Å²) in [5, 5.41) is 66.4. The number of aromatic hydroxyl groups is 1. The van der Waals surface area contributed by atoms with Crippen molar-refractivity contribution in [3.8, 4) is 17.2 Å². The lowest BCUT2D eigenvalue weighted by Gasteiger charge is -2.43. The molecule has 7 N–H and O–H groups in total. The van der Waals surface area contributed by atoms with Gasteiger partial charge < -0.3 is 54.9 Å². The minimum absolute atomic E-state index is 0.0465. The summed E-state index contributed by atoms with van der Waals surface area (Å²) in [6, 6.07) is 9.70. The molecule has 0 spiro atoms. The van der Waals surface area contributed by atoms with Gasteiger partial charge in [0.25, 0.3) is 0 Å². The van der Waals surface area contributed by atoms with E-state index in [0.29, 0.717) is 28.9 Å². The summed E-state index contributed by atoms with van der Waals surface area (Å²) in [5.41, 5.74) is 1.48. The lowest BCUT2D eigenvalue weighted by molar-refractivity contribution is -0.139. The Kier molecular flexibility index (Phi) is 11.1. The van der Waals surface area contributed by atoms with Crippen LogP contribution in [-0.2, 0) is 14.3 Å². The van der Waals surface area contributed by atoms with Gasteiger partial charge in [-0.1, -0.05) is 12.5 Å². The largest absolute Gasteiger partial charge is 0.504 e. The molecule has 13 nitrogen and oxygen atoms in total. The van der Waals surface area contributed by atoms with Gasteiger partial charge in [0.15, 0.2) is 11.5 Å². The van der Waals surface area contributed by atoms with Gasteiger partial charge in [-0.15, -0.1) is 0 Å². The maximum absolute atomic E-state index is 13.0. The number of methoxy groups -OCH3 is 1. The van der Waals surface area contributed by atoms with Gasteiger partial charge in [-0.2, -0.15) is 0 Å². The Bertz CT molecular complexity index is 1520. The first-order valence-corrected chi connectivity index (χ1v) is 15.9. The summed E-state index contributed by atoms with van der Waals surface area (Å²) < 4.78 is 21.8. The molecule has 3 fully saturated rings. The number of ether oxygens (including phenoxy) is 4. The van der Waals surface area contributed by atoms with Crippen LogP contribution in [-0.4, -0.2) is 105 Å². The standard InChI is InChI=1S/C35H43NO12/c1-17(13-14-46-34(44)20-8-10-21(45-3)11-9-20)32-30(41)31(42)35(48-32)47-25-12-7-19(16-24(25)37)15-18(2)33(43)36-26-27(38)22-5-4-6-23(22)28(39)29(26)40/h7-13,15-16,22-23,26-32,35,37-42H,4-6,14H2,1-3H3,(H,36,43)/b17-13+,18-15+/t22-,23+,26+,27+,28+,29+,30+,31+,32-,35-/m1/s1. The monoisotopic (exact) mass is 669 g/mol. The molecule has 48 heavy (non-hydrogen) atoms. The molecule has 0 radical (unpaired) electrons. The number of phenolic OH excluding ortho intramolecular Hbond substituents is 1. The molecule has 2 aromatic rings. The molecule has 3 aliphatic rings. The Morgan fingerprint density at radius 3 is 2.27 bits per heavy atom. The first-order valence-electron chi connectivity index (χ1n) is 15.9. The van der Waals surface area contributed by atoms with Crippen molar-refractivity contribution in [3.05, 3.63) is 70.8 Å². The number of aliphatic hydroxyl groups excluding tert-OH is 5. The van der Waals surface area contributed by atoms with Gasteiger partial charge in [-0.3, -0.25) is 4.79 Å². The number of nitrogens with one attached hydrogen (secondary N) is 1. The first-order chi connectivity index (χ1) is 22.9. The number of rotatable bonds is 10. The average Bonchev–Trinajstić information content (AvgIpc) is 3.68. The zero-order chi connectivity index (χ0) is 34.7. The Morgan fingerprint density at radius 1 is 0.917 bits per heavy atom. The number of esters is 1. The molecule has 1 heterocycles. The number of phenols is 1. The van der Waals surface area contributed by atoms with Crippen molar-refractivity contribution in [2.75, 3.05) is 13.7 Å². The second kappa shape index (κ2) is 15.1. The van der Waals surface area contributed by atoms with E-state index in [1.165, 1.54) is 32.2 Å². The lowest BCUT2D eigenvalue weighted by atomic mass is 9.73. The molecule has 2 saturated carbocycles. The maximum atomic E-state index is 13.0. The van der Waals surface area contributed by atoms with Crippen LogP contribution in [0.2, 0.25) is 0 Å². The van der Waals surface area contributed by atoms with E-state index in [9.17, 15) is 40.2 Å². The second-order valence-electron chi connectivity index (χ2n) is 12.6. The summed E-state index contributed by atoms with van der Waals surface area (Å²) in [5.74, 6) is -1.27. The van der Waals surface area contributed by atoms with E-state index in [2.05, 4.69) is 5.32 Å². The highest BCUT2D eigenvalue weighted by atomic mass is 16.7. The van der Waals surface area contributed by atoms with Crippen LogP contribution in [0.1, 0.15) is 49.0 Å². The van der Waals surface area contributed by atoms with Crippen LogP contribution in [0.3, 0.4) is 0 Å². The summed E-state index contributed by atoms with van der Waals surface area (Å²) >= 11 is 0. The van der Waals surface area contributed by atoms with Gasteiger partial charge in [0.05, 0.1) is 30.9 Å². The predicted molar refractivity (Wildman–Crippen MR) is 171 cm³/mol. The molecule has 1 saturated heterocycles. The fourth-order valence-electron chi connectivity index (χ4n) is 6.70. The van der Waals surface area contributed by atoms with Crippen LogP contribution in [0.4, 0.5) is 0 Å². The van der Waals surface area contributed by atoms with Crippen molar-refractivity contribution in [3.63, 3.8) is 0 Å². The number of amides is 1. The molecule has 260 valence electrons. The van der Waals surface area contributed by atoms with E-state index in [4.69, 9.17) is 18.9 Å². The molecule has 10 atom stereocenters. The van der Waals surface area contributed by atoms with Crippen molar-refractivity contribution in [1.82, 2.24) is 5.32 Å². The van der Waals surface area contributed by atoms with E-state index in [1.54, 1.807) is 43.3 Å². The van der Waals surface area contributed by atoms with Crippen molar-refractivity contribution < 1.29 is 59.2 Å². The first kappa shape index (κ1) is 35.3. The molecule has 0 unspecified atom stereocenters. The number of carbonyl (C=O) groups excluding carboxylic acids is 2. The Morgan fingerprint density at radius 2 is 1.60 bits per heavy atom. The average molecular weight is 670 g/mol. The highest BCUT2D eigenvalue weighted by molar-refractivity contribution is 5.97. The summed E-state index contributed by atoms with van der Waals surface area (Å²) in [7, 11) is 1.52. The fourth-order valence-corrected chi connectivity index (χ4v) is 6.70. The number of aliphatic hydroxyl groups is 5. The van der Waals surface area contributed by atoms with Crippen molar-refractivity contribution in [1.29, 1.82) is 0 Å². The Labute approximate surface area is 278 Å². The molecule has 2 aromatic carbocycles. The predicted octanol–water partition coefficient (Wildman–Crippen LogP) is 1.43. The number of fused-ring (bicyclic) bond motifs is 1. The number of hydrogen-bond donors (Lipinski definition) is 7. The topological polar surface area (TPSA) is 204 Å². The van der Waals surface area contributed by atoms with Crippen molar-refractivity contribution in [2.24, 2.45) is 11.8 Å². The molecular formula is C35H43NO12. The molecule has 2 aliphatic carbocycles. The highest BCUT2D eigenvalue weighted by Gasteiger charge is 2.51. The third-order valence-corrected chi connectivity index (χ3v) is 9.47. The molecule has 1 amide bonds. The normalized spacial score (nSPS) is 32.0. The van der Waals surface area contributed by atoms with E-state index in [1.807, 2.05) is 0 Å². The highest BCUT2D eigenvalue weighted by Crippen LogP contribution is 2.43. The molecule has 5 rings (SSSR count). The molecule has 0 bridgehead atoms. The SMILES string of the molecule is COc1ccc(C(=O)OC/C=C(\C)[C@H]2O[C@@H](Oc3ccc(/C=C(\C)C(=O)N[C@@H]4[C@H](O)[C@@H](O)[C@H]5CCC[C@H]5[C@@H]4O)cc3O)[C@@H](O)[C@@H]2O)cc1. The molecule has 13 heteroatoms. The minimum atomic E-state index is -1.46. The minimum Gasteiger partial charge on any atom is -0.504 e. The van der Waals surface area contributed by atoms with E-state index < -0.39 is 60.8 Å². The third-order valence-electron chi connectivity index (χ3n) is 9.47. The van der Waals surface area contributed by atoms with Gasteiger partial charge >= 0.3 is 5.97 Å². The van der Waals surface area contributed by atoms with Crippen LogP contribution in [0.15, 0.2) is 59.7 Å². The van der Waals surface area contributed by atoms with E-state index in [-0.39, 0.29) is 35.5 Å². The molecule has 1 aliphatic heterocycles. The van der Waals surface area contributed by atoms with Gasteiger partial charge in [0, 0.05) is 5.57 Å². The van der Waals surface area contributed by atoms with Crippen LogP contribution >= 0.6 is 0 Å². The van der Waals surface area contributed by atoms with E-state index >= 15 is 0 Å². The second-order valence-corrected chi connectivity index (χ2v) is 12.6. The summed E-state index contributed by atoms with van der Waals surface area (Å²) in [6.07, 6.45) is -3.14. The van der Waals surface area contributed by atoms with Crippen LogP contribution in [0.5, 0.6) is 17.2 Å². The molecular weight excluding hydrogens is 626 g/mol. The Hall–Kier alpha value is -3.98. The summed E-state index contributed by atoms with van der Waals surface area (Å²) in [6.45, 7) is 3.07. The van der Waals surface area contributed by atoms with Crippen molar-refractivity contribution >= 4 is 18.0 Å². The Balaban J connectivity index is 1.16. The van der Waals surface area contributed by atoms with Gasteiger partial charge in [0.2, 0.25) is 12.2 Å². The quantitative estimate of drug-likeness (QED) is 0.109. The smallest absolute Gasteiger partial charge is 0.338 e. The fraction of sp³-hybridized carbons (Fsp3) is 0.486. The van der Waals surface area contributed by atoms with Gasteiger partial charge in [0.1, 0.15) is 36.8 Å². The zero-order valence-corrected chi connectivity index (χ0v) is 26.9. The zero-order valence-electron chi connectivity index (χ0n) is 26.9. The lowest BCUT2D eigenvalue weighted by Crippen LogP contribution is -2.63. The van der Waals surface area contributed by atoms with E-state index in [0.717, 1.165) is 12.8 Å². The van der Waals surface area contributed by atoms with Crippen LogP contribution in [0.25, 0.3) is 6.08 Å². The molecule has 0 aromatic heterocycles. The van der Waals surface area contributed by atoms with Crippen LogP contribution in [0, 0.1) is 11.8 Å². The number of carbonyl (C=O) groups is 2. The third kappa shape index (κ3) is 7.51. The number of hydrogen-bond acceptors (Lipinski definition) is 12. The number of benzene rings is 2. The maximum Gasteiger partial charge on any atom is 0.338 e.